The van der Waals surface area contributed by atoms with Crippen LogP contribution in [0.2, 0.25) is 0 Å². The van der Waals surface area contributed by atoms with Gasteiger partial charge in [0.05, 0.1) is 5.60 Å². The van der Waals surface area contributed by atoms with E-state index in [-0.39, 0.29) is 69.8 Å². The first-order valence-corrected chi connectivity index (χ1v) is 5.02. The first kappa shape index (κ1) is 17.2. The van der Waals surface area contributed by atoms with Gasteiger partial charge < -0.3 is 18.1 Å². The van der Waals surface area contributed by atoms with Crippen LogP contribution in [0.3, 0.4) is 0 Å². The second-order valence-corrected chi connectivity index (χ2v) is 4.65. The largest absolute Gasteiger partial charge is 1.00 e. The Morgan fingerprint density at radius 1 is 1.44 bits per heavy atom. The van der Waals surface area contributed by atoms with E-state index in [1.54, 1.807) is 13.8 Å². The van der Waals surface area contributed by atoms with E-state index in [1.165, 1.54) is 6.08 Å². The van der Waals surface area contributed by atoms with Crippen molar-refractivity contribution in [2.75, 3.05) is 19.6 Å². The summed E-state index contributed by atoms with van der Waals surface area (Å²) in [7, 11) is 0. The minimum Gasteiger partial charge on any atom is -0.445 e. The van der Waals surface area contributed by atoms with Gasteiger partial charge in [-0.15, -0.1) is 11.5 Å². The zero-order chi connectivity index (χ0) is 11.7. The third kappa shape index (κ3) is 6.18. The van der Waals surface area contributed by atoms with Crippen molar-refractivity contribution in [2.24, 2.45) is 0 Å². The number of aliphatic hydroxyl groups is 1. The van der Waals surface area contributed by atoms with E-state index >= 15 is 0 Å². The Bertz CT molecular complexity index is 262. The van der Waals surface area contributed by atoms with E-state index in [2.05, 4.69) is 0 Å². The number of halogens is 3. The van der Waals surface area contributed by atoms with Crippen molar-refractivity contribution < 1.29 is 69.4 Å². The molecule has 0 radical (unpaired) electrons. The predicted molar refractivity (Wildman–Crippen MR) is 54.5 cm³/mol. The smallest absolute Gasteiger partial charge is 0.445 e. The van der Waals surface area contributed by atoms with E-state index in [4.69, 9.17) is 0 Å². The Morgan fingerprint density at radius 3 is 2.31 bits per heavy atom. The second-order valence-electron chi connectivity index (χ2n) is 4.65. The average Bonchev–Trinajstić information content (AvgIpc) is 2.00. The summed E-state index contributed by atoms with van der Waals surface area (Å²) in [5, 5.41) is 9.51. The van der Waals surface area contributed by atoms with Crippen molar-refractivity contribution in [3.8, 4) is 0 Å². The fourth-order valence-electron chi connectivity index (χ4n) is 1.72. The van der Waals surface area contributed by atoms with Crippen LogP contribution in [0.15, 0.2) is 11.5 Å². The van der Waals surface area contributed by atoms with Gasteiger partial charge in [0.1, 0.15) is 0 Å². The van der Waals surface area contributed by atoms with Gasteiger partial charge in [-0.1, -0.05) is 0 Å². The number of hydrogen-bond donors (Lipinski definition) is 1. The molecule has 0 aromatic carbocycles. The molecule has 7 heteroatoms. The maximum Gasteiger partial charge on any atom is 1.00 e. The van der Waals surface area contributed by atoms with Crippen LogP contribution in [-0.4, -0.2) is 42.2 Å². The molecular weight excluding hydrogens is 245 g/mol. The molecule has 88 valence electrons. The van der Waals surface area contributed by atoms with E-state index in [9.17, 15) is 18.1 Å². The summed E-state index contributed by atoms with van der Waals surface area (Å²) in [6.45, 7) is -0.454. The molecule has 16 heavy (non-hydrogen) atoms. The van der Waals surface area contributed by atoms with Gasteiger partial charge in [0.25, 0.3) is 0 Å². The zero-order valence-corrected chi connectivity index (χ0v) is 13.1. The molecule has 0 aliphatic carbocycles. The Kier molecular flexibility index (Phi) is 6.81. The summed E-state index contributed by atoms with van der Waals surface area (Å²) in [5.41, 5.74) is -1.24. The van der Waals surface area contributed by atoms with E-state index in [0.29, 0.717) is 13.1 Å². The predicted octanol–water partition coefficient (Wildman–Crippen LogP) is -1.22. The van der Waals surface area contributed by atoms with Crippen LogP contribution in [-0.2, 0) is 0 Å². The molecule has 0 unspecified atom stereocenters. The summed E-state index contributed by atoms with van der Waals surface area (Å²) in [6, 6.07) is 0. The van der Waals surface area contributed by atoms with E-state index in [0.717, 1.165) is 0 Å². The molecule has 0 aromatic heterocycles. The number of β-amino-alcohol motifs (C(OH)–C–C–N with tert-alkyl or cyclic N) is 1. The molecule has 1 N–H and O–H groups in total. The van der Waals surface area contributed by atoms with Gasteiger partial charge >= 0.3 is 58.4 Å². The zero-order valence-electron chi connectivity index (χ0n) is 10.0. The number of rotatable bonds is 3. The standard InChI is InChI=1S/C9H16BF3NO.K/c1-9(2,15)7-14-5-3-8(4-6-14)10(11,12)13;/h3,15H,4-7H2,1-2H3;/q-1;+1. The van der Waals surface area contributed by atoms with Gasteiger partial charge in [0.2, 0.25) is 0 Å². The molecule has 1 aliphatic rings. The van der Waals surface area contributed by atoms with E-state index in [1.807, 2.05) is 4.90 Å². The van der Waals surface area contributed by atoms with Crippen LogP contribution in [0.4, 0.5) is 12.9 Å². The molecule has 1 rings (SSSR count). The maximum absolute atomic E-state index is 12.3. The Hall–Kier alpha value is 1.15. The van der Waals surface area contributed by atoms with Crippen molar-refractivity contribution in [3.05, 3.63) is 11.5 Å². The monoisotopic (exact) mass is 261 g/mol. The van der Waals surface area contributed by atoms with Gasteiger partial charge in [0.15, 0.2) is 0 Å². The third-order valence-electron chi connectivity index (χ3n) is 2.36. The quantitative estimate of drug-likeness (QED) is 0.644. The molecule has 0 saturated heterocycles. The van der Waals surface area contributed by atoms with Crippen LogP contribution >= 0.6 is 0 Å². The summed E-state index contributed by atoms with van der Waals surface area (Å²) < 4.78 is 37.0. The minimum absolute atomic E-state index is 0. The Balaban J connectivity index is 0.00000225. The molecule has 0 amide bonds. The summed E-state index contributed by atoms with van der Waals surface area (Å²) in [4.78, 5) is 1.82. The van der Waals surface area contributed by atoms with Crippen LogP contribution in [0.25, 0.3) is 0 Å². The molecule has 1 heterocycles. The van der Waals surface area contributed by atoms with Crippen molar-refractivity contribution >= 4 is 6.98 Å². The van der Waals surface area contributed by atoms with Crippen LogP contribution < -0.4 is 51.4 Å². The second kappa shape index (κ2) is 6.36. The minimum atomic E-state index is -4.81. The van der Waals surface area contributed by atoms with Gasteiger partial charge in [0, 0.05) is 13.1 Å². The average molecular weight is 261 g/mol. The maximum atomic E-state index is 12.3. The molecular formula is C9H16BF3KNO. The third-order valence-corrected chi connectivity index (χ3v) is 2.36. The van der Waals surface area contributed by atoms with Gasteiger partial charge in [-0.2, -0.15) is 0 Å². The van der Waals surface area contributed by atoms with Crippen LogP contribution in [0.1, 0.15) is 20.3 Å². The molecule has 1 aliphatic heterocycles. The first-order valence-electron chi connectivity index (χ1n) is 5.02. The molecule has 0 fully saturated rings. The fourth-order valence-corrected chi connectivity index (χ4v) is 1.72. The number of hydrogen-bond acceptors (Lipinski definition) is 2. The molecule has 0 bridgehead atoms. The first-order chi connectivity index (χ1) is 6.68. The van der Waals surface area contributed by atoms with Crippen LogP contribution in [0, 0.1) is 0 Å². The SMILES string of the molecule is CC(C)(O)CN1CC=C([B-](F)(F)F)CC1.[K+]. The van der Waals surface area contributed by atoms with Crippen molar-refractivity contribution in [1.29, 1.82) is 0 Å². The normalized spacial score (nSPS) is 19.0. The van der Waals surface area contributed by atoms with Gasteiger partial charge in [-0.3, -0.25) is 4.90 Å². The van der Waals surface area contributed by atoms with Crippen molar-refractivity contribution in [2.45, 2.75) is 25.9 Å². The summed E-state index contributed by atoms with van der Waals surface area (Å²) in [6.07, 6.45) is 1.27. The Morgan fingerprint density at radius 2 is 2.00 bits per heavy atom. The fraction of sp³-hybridized carbons (Fsp3) is 0.778. The summed E-state index contributed by atoms with van der Waals surface area (Å²) in [5.74, 6) is 0. The van der Waals surface area contributed by atoms with Crippen molar-refractivity contribution in [1.82, 2.24) is 4.90 Å². The summed E-state index contributed by atoms with van der Waals surface area (Å²) >= 11 is 0. The van der Waals surface area contributed by atoms with E-state index < -0.39 is 12.6 Å². The molecule has 0 spiro atoms. The van der Waals surface area contributed by atoms with Crippen LogP contribution in [0.5, 0.6) is 0 Å². The van der Waals surface area contributed by atoms with Crippen molar-refractivity contribution in [3.63, 3.8) is 0 Å². The molecule has 0 aromatic rings. The van der Waals surface area contributed by atoms with Gasteiger partial charge in [-0.05, 0) is 26.8 Å². The molecule has 0 saturated carbocycles. The Labute approximate surface area is 137 Å². The molecule has 2 nitrogen and oxygen atoms in total. The number of nitrogens with zero attached hydrogens (tertiary/aromatic N) is 1. The topological polar surface area (TPSA) is 23.5 Å². The molecule has 0 atom stereocenters. The van der Waals surface area contributed by atoms with Gasteiger partial charge in [-0.25, -0.2) is 0 Å².